The second-order valence-corrected chi connectivity index (χ2v) is 10.6. The van der Waals surface area contributed by atoms with E-state index in [0.29, 0.717) is 33.6 Å². The van der Waals surface area contributed by atoms with E-state index in [1.165, 1.54) is 7.11 Å². The number of nitrogens with zero attached hydrogens (tertiary/aromatic N) is 2. The number of aromatic hydroxyl groups is 1. The molecule has 3 aromatic carbocycles. The molecule has 0 saturated carbocycles. The molecule has 4 aromatic rings. The molecule has 1 aromatic heterocycles. The number of fused-ring (bicyclic) bond motifs is 1. The van der Waals surface area contributed by atoms with Crippen molar-refractivity contribution in [2.45, 2.75) is 32.8 Å². The van der Waals surface area contributed by atoms with E-state index in [-0.39, 0.29) is 24.4 Å². The average molecular weight is 554 g/mol. The zero-order chi connectivity index (χ0) is 29.1. The van der Waals surface area contributed by atoms with Crippen molar-refractivity contribution in [2.24, 2.45) is 4.99 Å². The number of piperidine rings is 1. The van der Waals surface area contributed by atoms with Crippen LogP contribution in [0.15, 0.2) is 65.7 Å². The van der Waals surface area contributed by atoms with E-state index >= 15 is 0 Å². The van der Waals surface area contributed by atoms with Gasteiger partial charge in [-0.05, 0) is 75.2 Å². The normalized spacial score (nSPS) is 14.9. The number of aromatic amines is 1. The molecule has 0 bridgehead atoms. The first-order chi connectivity index (χ1) is 19.7. The first kappa shape index (κ1) is 28.3. The van der Waals surface area contributed by atoms with Gasteiger partial charge < -0.3 is 24.5 Å². The summed E-state index contributed by atoms with van der Waals surface area (Å²) in [4.78, 5) is 35.5. The van der Waals surface area contributed by atoms with Gasteiger partial charge in [0.05, 0.1) is 35.7 Å². The Balaban J connectivity index is 1.49. The zero-order valence-corrected chi connectivity index (χ0v) is 23.9. The predicted molar refractivity (Wildman–Crippen MR) is 160 cm³/mol. The van der Waals surface area contributed by atoms with Crippen LogP contribution in [0.3, 0.4) is 0 Å². The molecule has 0 radical (unpaired) electrons. The third-order valence-electron chi connectivity index (χ3n) is 7.68. The Bertz CT molecular complexity index is 1620. The standard InChI is InChI=1S/C33H35N3O5/c1-20-16-23(10-11-25(20)29(37)19-41-24-12-14-36(3)15-13-24)34-31(22-8-6-5-7-9-22)30-27-17-21(2)26(33(39)40-4)18-28(27)35-32(30)38/h5-11,16-18,24,35,38H,12-15,19H2,1-4H3. The molecule has 0 unspecified atom stereocenters. The highest BCUT2D eigenvalue weighted by Crippen LogP contribution is 2.34. The number of aromatic nitrogens is 1. The number of ketones is 1. The number of hydrogen-bond donors (Lipinski definition) is 2. The number of Topliss-reactive ketones (excluding diaryl/α,β-unsaturated/α-hetero) is 1. The van der Waals surface area contributed by atoms with Crippen molar-refractivity contribution in [3.63, 3.8) is 0 Å². The first-order valence-electron chi connectivity index (χ1n) is 13.8. The van der Waals surface area contributed by atoms with Crippen LogP contribution in [0.1, 0.15) is 55.8 Å². The summed E-state index contributed by atoms with van der Waals surface area (Å²) in [6.45, 7) is 5.74. The summed E-state index contributed by atoms with van der Waals surface area (Å²) < 4.78 is 10.8. The van der Waals surface area contributed by atoms with Crippen LogP contribution in [0.4, 0.5) is 5.69 Å². The van der Waals surface area contributed by atoms with Crippen LogP contribution in [0.25, 0.3) is 10.9 Å². The van der Waals surface area contributed by atoms with Gasteiger partial charge >= 0.3 is 5.97 Å². The molecule has 0 aliphatic carbocycles. The number of carbonyl (C=O) groups is 2. The van der Waals surface area contributed by atoms with Gasteiger partial charge in [0.1, 0.15) is 6.61 Å². The van der Waals surface area contributed by atoms with E-state index in [9.17, 15) is 14.7 Å². The monoisotopic (exact) mass is 553 g/mol. The lowest BCUT2D eigenvalue weighted by molar-refractivity contribution is 0.0156. The van der Waals surface area contributed by atoms with E-state index in [2.05, 4.69) is 16.9 Å². The molecule has 1 saturated heterocycles. The lowest BCUT2D eigenvalue weighted by atomic mass is 9.98. The maximum atomic E-state index is 13.0. The van der Waals surface area contributed by atoms with Crippen molar-refractivity contribution in [3.8, 4) is 5.88 Å². The van der Waals surface area contributed by atoms with Crippen LogP contribution in [0, 0.1) is 13.8 Å². The van der Waals surface area contributed by atoms with E-state index in [1.807, 2.05) is 62.4 Å². The molecule has 5 rings (SSSR count). The Labute approximate surface area is 239 Å². The number of methoxy groups -OCH3 is 1. The van der Waals surface area contributed by atoms with Crippen LogP contribution < -0.4 is 0 Å². The van der Waals surface area contributed by atoms with Gasteiger partial charge in [-0.25, -0.2) is 9.79 Å². The molecule has 1 aliphatic heterocycles. The highest BCUT2D eigenvalue weighted by atomic mass is 16.5. The van der Waals surface area contributed by atoms with Gasteiger partial charge in [0.15, 0.2) is 11.7 Å². The molecule has 8 nitrogen and oxygen atoms in total. The van der Waals surface area contributed by atoms with Gasteiger partial charge in [0.25, 0.3) is 0 Å². The molecule has 212 valence electrons. The van der Waals surface area contributed by atoms with Crippen LogP contribution in [-0.4, -0.2) is 72.4 Å². The first-order valence-corrected chi connectivity index (χ1v) is 13.8. The van der Waals surface area contributed by atoms with Gasteiger partial charge in [0, 0.05) is 35.1 Å². The number of rotatable bonds is 8. The van der Waals surface area contributed by atoms with E-state index in [0.717, 1.165) is 48.0 Å². The Morgan fingerprint density at radius 3 is 2.39 bits per heavy atom. The number of aryl methyl sites for hydroxylation is 2. The Kier molecular flexibility index (Phi) is 8.33. The molecule has 41 heavy (non-hydrogen) atoms. The second-order valence-electron chi connectivity index (χ2n) is 10.6. The third kappa shape index (κ3) is 6.09. The summed E-state index contributed by atoms with van der Waals surface area (Å²) in [5.41, 5.74) is 5.68. The smallest absolute Gasteiger partial charge is 0.338 e. The van der Waals surface area contributed by atoms with Crippen LogP contribution >= 0.6 is 0 Å². The van der Waals surface area contributed by atoms with E-state index in [4.69, 9.17) is 14.5 Å². The summed E-state index contributed by atoms with van der Waals surface area (Å²) >= 11 is 0. The average Bonchev–Trinajstić information content (AvgIpc) is 3.29. The van der Waals surface area contributed by atoms with Crippen molar-refractivity contribution < 1.29 is 24.2 Å². The number of ether oxygens (including phenoxy) is 2. The summed E-state index contributed by atoms with van der Waals surface area (Å²) in [7, 11) is 3.44. The van der Waals surface area contributed by atoms with Crippen LogP contribution in [0.2, 0.25) is 0 Å². The number of carbonyl (C=O) groups excluding carboxylic acids is 2. The van der Waals surface area contributed by atoms with Crippen molar-refractivity contribution in [2.75, 3.05) is 33.9 Å². The molecule has 2 heterocycles. The van der Waals surface area contributed by atoms with Gasteiger partial charge in [-0.3, -0.25) is 4.79 Å². The predicted octanol–water partition coefficient (Wildman–Crippen LogP) is 5.74. The highest BCUT2D eigenvalue weighted by Gasteiger charge is 2.22. The lowest BCUT2D eigenvalue weighted by Crippen LogP contribution is -2.35. The number of esters is 1. The fraction of sp³-hybridized carbons (Fsp3) is 0.303. The minimum absolute atomic E-state index is 0.0496. The largest absolute Gasteiger partial charge is 0.494 e. The molecule has 1 aliphatic rings. The second kappa shape index (κ2) is 12.1. The molecule has 8 heteroatoms. The summed E-state index contributed by atoms with van der Waals surface area (Å²) in [6, 6.07) is 18.6. The highest BCUT2D eigenvalue weighted by molar-refractivity contribution is 6.22. The maximum Gasteiger partial charge on any atom is 0.338 e. The number of hydrogen-bond acceptors (Lipinski definition) is 7. The van der Waals surface area contributed by atoms with Gasteiger partial charge in [-0.2, -0.15) is 0 Å². The fourth-order valence-electron chi connectivity index (χ4n) is 5.35. The van der Waals surface area contributed by atoms with Crippen LogP contribution in [-0.2, 0) is 9.47 Å². The Morgan fingerprint density at radius 2 is 1.71 bits per heavy atom. The van der Waals surface area contributed by atoms with Crippen molar-refractivity contribution in [1.29, 1.82) is 0 Å². The van der Waals surface area contributed by atoms with Gasteiger partial charge in [0.2, 0.25) is 0 Å². The van der Waals surface area contributed by atoms with Crippen molar-refractivity contribution in [3.05, 3.63) is 94.0 Å². The lowest BCUT2D eigenvalue weighted by Gasteiger charge is -2.28. The number of H-pyrrole nitrogens is 1. The molecule has 2 N–H and O–H groups in total. The number of nitrogens with one attached hydrogen (secondary N) is 1. The minimum Gasteiger partial charge on any atom is -0.494 e. The summed E-state index contributed by atoms with van der Waals surface area (Å²) in [5, 5.41) is 11.8. The Hall–Kier alpha value is -4.27. The molecule has 0 spiro atoms. The molecule has 0 amide bonds. The van der Waals surface area contributed by atoms with Gasteiger partial charge in [-0.15, -0.1) is 0 Å². The molecule has 1 fully saturated rings. The summed E-state index contributed by atoms with van der Waals surface area (Å²) in [5.74, 6) is -0.552. The minimum atomic E-state index is -0.446. The number of benzene rings is 3. The van der Waals surface area contributed by atoms with Crippen molar-refractivity contribution >= 4 is 34.1 Å². The molecular formula is C33H35N3O5. The van der Waals surface area contributed by atoms with E-state index < -0.39 is 5.97 Å². The van der Waals surface area contributed by atoms with Crippen LogP contribution in [0.5, 0.6) is 5.88 Å². The van der Waals surface area contributed by atoms with Gasteiger partial charge in [-0.1, -0.05) is 30.3 Å². The fourth-order valence-corrected chi connectivity index (χ4v) is 5.35. The van der Waals surface area contributed by atoms with E-state index in [1.54, 1.807) is 12.1 Å². The summed E-state index contributed by atoms with van der Waals surface area (Å²) in [6.07, 6.45) is 1.98. The molecule has 0 atom stereocenters. The number of likely N-dealkylation sites (tertiary alicyclic amines) is 1. The quantitative estimate of drug-likeness (QED) is 0.164. The molecular weight excluding hydrogens is 518 g/mol. The SMILES string of the molecule is COC(=O)c1cc2[nH]c(O)c(C(=Nc3ccc(C(=O)COC4CCN(C)CC4)c(C)c3)c3ccccc3)c2cc1C. The zero-order valence-electron chi connectivity index (χ0n) is 23.9. The number of aliphatic imine (C=N–C) groups is 1. The van der Waals surface area contributed by atoms with Crippen molar-refractivity contribution in [1.82, 2.24) is 9.88 Å². The topological polar surface area (TPSA) is 104 Å². The Morgan fingerprint density at radius 1 is 1.00 bits per heavy atom. The third-order valence-corrected chi connectivity index (χ3v) is 7.68. The maximum absolute atomic E-state index is 13.0.